The van der Waals surface area contributed by atoms with Gasteiger partial charge in [0.15, 0.2) is 5.78 Å². The fourth-order valence-electron chi connectivity index (χ4n) is 5.49. The van der Waals surface area contributed by atoms with Crippen molar-refractivity contribution in [3.05, 3.63) is 29.8 Å². The molecule has 2 saturated carbocycles. The number of carbonyl (C=O) groups excluding carboxylic acids is 3. The Hall–Kier alpha value is -2.37. The summed E-state index contributed by atoms with van der Waals surface area (Å²) < 4.78 is 6.33. The Bertz CT molecular complexity index is 822. The fraction of sp³-hybridized carbons (Fsp3) is 0.571. The number of amides is 2. The van der Waals surface area contributed by atoms with Crippen molar-refractivity contribution in [2.75, 3.05) is 19.6 Å². The second kappa shape index (κ2) is 6.08. The summed E-state index contributed by atoms with van der Waals surface area (Å²) in [5.41, 5.74) is 0.145. The van der Waals surface area contributed by atoms with Crippen molar-refractivity contribution in [2.24, 2.45) is 17.8 Å². The SMILES string of the molecule is O=C1C[C@]2(CC[C@@H]3[C@@H](C(=O)NCCN4CCCC4=O)[C@@H]32)Oc2ccccc21. The Kier molecular flexibility index (Phi) is 3.78. The molecule has 0 aromatic heterocycles. The van der Waals surface area contributed by atoms with Gasteiger partial charge in [0.1, 0.15) is 11.4 Å². The molecule has 2 aliphatic carbocycles. The number of ether oxygens (including phenoxy) is 1. The molecule has 1 N–H and O–H groups in total. The number of Topliss-reactive ketones (excluding diaryl/α,β-unsaturated/α-hetero) is 1. The Morgan fingerprint density at radius 2 is 2.15 bits per heavy atom. The molecule has 2 heterocycles. The normalized spacial score (nSPS) is 33.6. The number of carbonyl (C=O) groups is 3. The van der Waals surface area contributed by atoms with Gasteiger partial charge in [-0.2, -0.15) is 0 Å². The van der Waals surface area contributed by atoms with Crippen LogP contribution < -0.4 is 10.1 Å². The first-order chi connectivity index (χ1) is 13.1. The summed E-state index contributed by atoms with van der Waals surface area (Å²) in [5.74, 6) is 1.39. The molecule has 27 heavy (non-hydrogen) atoms. The van der Waals surface area contributed by atoms with Crippen LogP contribution in [-0.4, -0.2) is 47.7 Å². The third kappa shape index (κ3) is 2.65. The van der Waals surface area contributed by atoms with Crippen molar-refractivity contribution >= 4 is 17.6 Å². The predicted molar refractivity (Wildman–Crippen MR) is 97.3 cm³/mol. The van der Waals surface area contributed by atoms with Crippen LogP contribution in [0.3, 0.4) is 0 Å². The van der Waals surface area contributed by atoms with Gasteiger partial charge < -0.3 is 15.0 Å². The molecule has 4 aliphatic rings. The molecule has 6 nitrogen and oxygen atoms in total. The van der Waals surface area contributed by atoms with Gasteiger partial charge in [0.25, 0.3) is 0 Å². The van der Waals surface area contributed by atoms with E-state index in [2.05, 4.69) is 5.32 Å². The first-order valence-corrected chi connectivity index (χ1v) is 9.96. The van der Waals surface area contributed by atoms with Gasteiger partial charge in [0, 0.05) is 37.9 Å². The lowest BCUT2D eigenvalue weighted by Gasteiger charge is -2.37. The van der Waals surface area contributed by atoms with Crippen molar-refractivity contribution < 1.29 is 19.1 Å². The lowest BCUT2D eigenvalue weighted by Crippen LogP contribution is -2.45. The van der Waals surface area contributed by atoms with Crippen LogP contribution in [-0.2, 0) is 9.59 Å². The minimum atomic E-state index is -0.511. The van der Waals surface area contributed by atoms with E-state index in [1.54, 1.807) is 0 Å². The number of benzene rings is 1. The van der Waals surface area contributed by atoms with Gasteiger partial charge in [-0.05, 0) is 37.3 Å². The van der Waals surface area contributed by atoms with Crippen LogP contribution in [0.5, 0.6) is 5.75 Å². The number of nitrogens with one attached hydrogen (secondary N) is 1. The van der Waals surface area contributed by atoms with Gasteiger partial charge in [-0.25, -0.2) is 0 Å². The van der Waals surface area contributed by atoms with Gasteiger partial charge in [-0.15, -0.1) is 0 Å². The maximum atomic E-state index is 12.7. The van der Waals surface area contributed by atoms with Gasteiger partial charge in [0.05, 0.1) is 12.0 Å². The minimum Gasteiger partial charge on any atom is -0.486 e. The van der Waals surface area contributed by atoms with Crippen LogP contribution in [0.4, 0.5) is 0 Å². The van der Waals surface area contributed by atoms with Crippen molar-refractivity contribution in [3.63, 3.8) is 0 Å². The smallest absolute Gasteiger partial charge is 0.223 e. The highest BCUT2D eigenvalue weighted by Gasteiger charge is 2.70. The first kappa shape index (κ1) is 16.8. The van der Waals surface area contributed by atoms with Crippen LogP contribution in [0.2, 0.25) is 0 Å². The summed E-state index contributed by atoms with van der Waals surface area (Å²) in [6.07, 6.45) is 3.68. The largest absolute Gasteiger partial charge is 0.486 e. The summed E-state index contributed by atoms with van der Waals surface area (Å²) in [4.78, 5) is 38.8. The van der Waals surface area contributed by atoms with E-state index in [1.807, 2.05) is 29.2 Å². The summed E-state index contributed by atoms with van der Waals surface area (Å²) in [5, 5.41) is 3.00. The Labute approximate surface area is 158 Å². The van der Waals surface area contributed by atoms with Crippen LogP contribution >= 0.6 is 0 Å². The van der Waals surface area contributed by atoms with E-state index in [-0.39, 0.29) is 29.4 Å². The third-order valence-corrected chi connectivity index (χ3v) is 6.79. The Morgan fingerprint density at radius 1 is 1.30 bits per heavy atom. The molecule has 4 atom stereocenters. The fourth-order valence-corrected chi connectivity index (χ4v) is 5.49. The van der Waals surface area contributed by atoms with Gasteiger partial charge >= 0.3 is 0 Å². The Morgan fingerprint density at radius 3 is 2.96 bits per heavy atom. The number of ketones is 1. The number of hydrogen-bond donors (Lipinski definition) is 1. The molecule has 2 aliphatic heterocycles. The van der Waals surface area contributed by atoms with Crippen molar-refractivity contribution in [1.29, 1.82) is 0 Å². The number of para-hydroxylation sites is 1. The number of fused-ring (bicyclic) bond motifs is 3. The summed E-state index contributed by atoms with van der Waals surface area (Å²) in [6.45, 7) is 1.87. The van der Waals surface area contributed by atoms with E-state index in [1.165, 1.54) is 0 Å². The zero-order valence-electron chi connectivity index (χ0n) is 15.3. The zero-order chi connectivity index (χ0) is 18.6. The molecule has 1 spiro atoms. The Balaban J connectivity index is 1.23. The average Bonchev–Trinajstić information content (AvgIpc) is 3.12. The average molecular weight is 368 g/mol. The van der Waals surface area contributed by atoms with Gasteiger partial charge in [-0.3, -0.25) is 14.4 Å². The van der Waals surface area contributed by atoms with Crippen molar-refractivity contribution in [3.8, 4) is 5.75 Å². The first-order valence-electron chi connectivity index (χ1n) is 9.96. The topological polar surface area (TPSA) is 75.7 Å². The van der Waals surface area contributed by atoms with E-state index in [0.717, 1.165) is 25.8 Å². The molecular formula is C21H24N2O4. The monoisotopic (exact) mass is 368 g/mol. The summed E-state index contributed by atoms with van der Waals surface area (Å²) in [6, 6.07) is 7.40. The molecule has 2 amide bonds. The highest BCUT2D eigenvalue weighted by Crippen LogP contribution is 2.65. The van der Waals surface area contributed by atoms with E-state index >= 15 is 0 Å². The molecule has 0 bridgehead atoms. The molecule has 5 rings (SSSR count). The van der Waals surface area contributed by atoms with E-state index in [4.69, 9.17) is 4.74 Å². The molecule has 142 valence electrons. The van der Waals surface area contributed by atoms with E-state index < -0.39 is 5.60 Å². The van der Waals surface area contributed by atoms with Gasteiger partial charge in [0.2, 0.25) is 11.8 Å². The lowest BCUT2D eigenvalue weighted by atomic mass is 9.84. The minimum absolute atomic E-state index is 0.0469. The van der Waals surface area contributed by atoms with Crippen LogP contribution in [0.15, 0.2) is 24.3 Å². The zero-order valence-corrected chi connectivity index (χ0v) is 15.3. The molecule has 1 saturated heterocycles. The molecule has 0 unspecified atom stereocenters. The maximum absolute atomic E-state index is 12.7. The summed E-state index contributed by atoms with van der Waals surface area (Å²) >= 11 is 0. The molecule has 1 aromatic carbocycles. The molecular weight excluding hydrogens is 344 g/mol. The molecule has 0 radical (unpaired) electrons. The van der Waals surface area contributed by atoms with Crippen molar-refractivity contribution in [1.82, 2.24) is 10.2 Å². The second-order valence-electron chi connectivity index (χ2n) is 8.29. The second-order valence-corrected chi connectivity index (χ2v) is 8.29. The van der Waals surface area contributed by atoms with Crippen LogP contribution in [0.1, 0.15) is 42.5 Å². The number of rotatable bonds is 4. The van der Waals surface area contributed by atoms with E-state index in [9.17, 15) is 14.4 Å². The molecule has 1 aromatic rings. The number of nitrogens with zero attached hydrogens (tertiary/aromatic N) is 1. The third-order valence-electron chi connectivity index (χ3n) is 6.79. The van der Waals surface area contributed by atoms with E-state index in [0.29, 0.717) is 43.2 Å². The highest BCUT2D eigenvalue weighted by atomic mass is 16.5. The lowest BCUT2D eigenvalue weighted by molar-refractivity contribution is -0.128. The maximum Gasteiger partial charge on any atom is 0.223 e. The van der Waals surface area contributed by atoms with Gasteiger partial charge in [-0.1, -0.05) is 12.1 Å². The molecule has 6 heteroatoms. The number of likely N-dealkylation sites (tertiary alicyclic amines) is 1. The summed E-state index contributed by atoms with van der Waals surface area (Å²) in [7, 11) is 0. The van der Waals surface area contributed by atoms with Crippen LogP contribution in [0.25, 0.3) is 0 Å². The van der Waals surface area contributed by atoms with Crippen molar-refractivity contribution in [2.45, 2.75) is 37.7 Å². The predicted octanol–water partition coefficient (Wildman–Crippen LogP) is 1.79. The molecule has 3 fully saturated rings. The highest BCUT2D eigenvalue weighted by molar-refractivity contribution is 6.00. The number of hydrogen-bond acceptors (Lipinski definition) is 4. The van der Waals surface area contributed by atoms with Crippen LogP contribution in [0, 0.1) is 17.8 Å². The quantitative estimate of drug-likeness (QED) is 0.879. The standard InChI is InChI=1S/C21H24N2O4/c24-15-12-21(27-16-5-2-1-4-13(15)16)8-7-14-18(19(14)21)20(26)22-9-11-23-10-3-6-17(23)25/h1-2,4-5,14,18-19H,3,6-12H2,(H,22,26)/t14-,18-,19-,21+/m1/s1.